The van der Waals surface area contributed by atoms with Gasteiger partial charge in [-0.25, -0.2) is 0 Å². The van der Waals surface area contributed by atoms with Crippen LogP contribution in [0.2, 0.25) is 0 Å². The molecule has 0 fully saturated rings. The summed E-state index contributed by atoms with van der Waals surface area (Å²) in [6, 6.07) is 12.2. The Bertz CT molecular complexity index is 691. The molecule has 0 saturated heterocycles. The van der Waals surface area contributed by atoms with Crippen LogP contribution in [0.1, 0.15) is 29.2 Å². The number of halogens is 3. The lowest BCUT2D eigenvalue weighted by atomic mass is 9.99. The molecule has 0 radical (unpaired) electrons. The highest BCUT2D eigenvalue weighted by atomic mass is 19.4. The molecule has 22 heavy (non-hydrogen) atoms. The summed E-state index contributed by atoms with van der Waals surface area (Å²) in [4.78, 5) is 5.34. The molecular weight excluding hydrogens is 293 g/mol. The number of nitrogens with two attached hydrogens (primary N) is 1. The van der Waals surface area contributed by atoms with Crippen molar-refractivity contribution in [3.8, 4) is 0 Å². The molecular formula is C16H13F3N2O. The van der Waals surface area contributed by atoms with Crippen LogP contribution in [0.5, 0.6) is 0 Å². The molecule has 0 amide bonds. The van der Waals surface area contributed by atoms with E-state index in [0.717, 1.165) is 23.4 Å². The van der Waals surface area contributed by atoms with Gasteiger partial charge < -0.3 is 10.6 Å². The van der Waals surface area contributed by atoms with Crippen LogP contribution in [0.15, 0.2) is 53.7 Å². The Morgan fingerprint density at radius 3 is 2.23 bits per heavy atom. The van der Waals surface area contributed by atoms with Crippen molar-refractivity contribution in [1.82, 2.24) is 0 Å². The van der Waals surface area contributed by atoms with E-state index in [1.165, 1.54) is 12.1 Å². The van der Waals surface area contributed by atoms with Gasteiger partial charge in [-0.3, -0.25) is 0 Å². The molecule has 0 saturated carbocycles. The summed E-state index contributed by atoms with van der Waals surface area (Å²) in [5.41, 5.74) is 7.93. The van der Waals surface area contributed by atoms with Gasteiger partial charge in [0.25, 0.3) is 0 Å². The maximum atomic E-state index is 12.5. The summed E-state index contributed by atoms with van der Waals surface area (Å²) < 4.78 is 37.6. The Morgan fingerprint density at radius 2 is 1.64 bits per heavy atom. The van der Waals surface area contributed by atoms with Crippen LogP contribution in [0.25, 0.3) is 0 Å². The maximum Gasteiger partial charge on any atom is 0.416 e. The number of alkyl halides is 3. The van der Waals surface area contributed by atoms with Crippen molar-refractivity contribution < 1.29 is 18.0 Å². The van der Waals surface area contributed by atoms with Gasteiger partial charge >= 0.3 is 6.18 Å². The molecule has 0 aromatic heterocycles. The molecule has 1 unspecified atom stereocenters. The van der Waals surface area contributed by atoms with E-state index in [4.69, 9.17) is 10.6 Å². The maximum absolute atomic E-state index is 12.5. The van der Waals surface area contributed by atoms with Crippen molar-refractivity contribution in [2.24, 2.45) is 5.16 Å². The second-order valence-corrected chi connectivity index (χ2v) is 5.08. The highest BCUT2D eigenvalue weighted by Crippen LogP contribution is 2.33. The number of oxime groups is 1. The molecule has 114 valence electrons. The third-order valence-electron chi connectivity index (χ3n) is 3.52. The third kappa shape index (κ3) is 2.90. The average Bonchev–Trinajstić information content (AvgIpc) is 2.97. The first kappa shape index (κ1) is 14.4. The van der Waals surface area contributed by atoms with Crippen LogP contribution in [0, 0.1) is 0 Å². The monoisotopic (exact) mass is 306 g/mol. The predicted octanol–water partition coefficient (Wildman–Crippen LogP) is 4.15. The number of hydrogen-bond acceptors (Lipinski definition) is 3. The lowest BCUT2D eigenvalue weighted by Crippen LogP contribution is -2.06. The van der Waals surface area contributed by atoms with Gasteiger partial charge in [-0.1, -0.05) is 29.4 Å². The zero-order chi connectivity index (χ0) is 15.7. The largest absolute Gasteiger partial charge is 0.416 e. The highest BCUT2D eigenvalue weighted by Gasteiger charge is 2.31. The van der Waals surface area contributed by atoms with Gasteiger partial charge in [0.1, 0.15) is 0 Å². The van der Waals surface area contributed by atoms with E-state index in [1.54, 1.807) is 12.1 Å². The van der Waals surface area contributed by atoms with Gasteiger partial charge in [-0.05, 0) is 35.4 Å². The SMILES string of the molecule is Nc1ccc(C2=NOC(c3ccc(C(F)(F)F)cc3)C2)cc1. The number of anilines is 1. The fourth-order valence-corrected chi connectivity index (χ4v) is 2.29. The van der Waals surface area contributed by atoms with Crippen molar-refractivity contribution in [3.63, 3.8) is 0 Å². The summed E-state index contributed by atoms with van der Waals surface area (Å²) in [5.74, 6) is 0. The molecule has 2 aromatic carbocycles. The predicted molar refractivity (Wildman–Crippen MR) is 77.3 cm³/mol. The number of rotatable bonds is 2. The number of benzene rings is 2. The van der Waals surface area contributed by atoms with E-state index in [2.05, 4.69) is 5.16 Å². The molecule has 1 atom stereocenters. The number of nitrogen functional groups attached to an aromatic ring is 1. The Kier molecular flexibility index (Phi) is 3.52. The van der Waals surface area contributed by atoms with Crippen molar-refractivity contribution in [1.29, 1.82) is 0 Å². The number of hydrogen-bond donors (Lipinski definition) is 1. The van der Waals surface area contributed by atoms with Crippen molar-refractivity contribution in [2.75, 3.05) is 5.73 Å². The van der Waals surface area contributed by atoms with Crippen LogP contribution in [-0.4, -0.2) is 5.71 Å². The fourth-order valence-electron chi connectivity index (χ4n) is 2.29. The van der Waals surface area contributed by atoms with Crippen LogP contribution in [-0.2, 0) is 11.0 Å². The molecule has 3 rings (SSSR count). The van der Waals surface area contributed by atoms with E-state index < -0.39 is 11.7 Å². The van der Waals surface area contributed by atoms with E-state index in [0.29, 0.717) is 17.7 Å². The van der Waals surface area contributed by atoms with Crippen molar-refractivity contribution in [2.45, 2.75) is 18.7 Å². The van der Waals surface area contributed by atoms with E-state index in [-0.39, 0.29) is 6.10 Å². The van der Waals surface area contributed by atoms with E-state index >= 15 is 0 Å². The lowest BCUT2D eigenvalue weighted by molar-refractivity contribution is -0.137. The van der Waals surface area contributed by atoms with Gasteiger partial charge in [-0.15, -0.1) is 0 Å². The van der Waals surface area contributed by atoms with E-state index in [9.17, 15) is 13.2 Å². The van der Waals surface area contributed by atoms with Gasteiger partial charge in [0.05, 0.1) is 11.3 Å². The van der Waals surface area contributed by atoms with Gasteiger partial charge in [0.15, 0.2) is 6.10 Å². The molecule has 2 N–H and O–H groups in total. The quantitative estimate of drug-likeness (QED) is 0.847. The molecule has 2 aromatic rings. The summed E-state index contributed by atoms with van der Waals surface area (Å²) >= 11 is 0. The molecule has 1 aliphatic heterocycles. The summed E-state index contributed by atoms with van der Waals surface area (Å²) in [6.07, 6.45) is -4.19. The van der Waals surface area contributed by atoms with Crippen molar-refractivity contribution in [3.05, 3.63) is 65.2 Å². The first-order valence-electron chi connectivity index (χ1n) is 6.69. The Labute approximate surface area is 125 Å². The summed E-state index contributed by atoms with van der Waals surface area (Å²) in [7, 11) is 0. The first-order valence-corrected chi connectivity index (χ1v) is 6.69. The third-order valence-corrected chi connectivity index (χ3v) is 3.52. The van der Waals surface area contributed by atoms with Gasteiger partial charge in [0, 0.05) is 12.1 Å². The zero-order valence-electron chi connectivity index (χ0n) is 11.5. The van der Waals surface area contributed by atoms with E-state index in [1.807, 2.05) is 12.1 Å². The standard InChI is InChI=1S/C16H13F3N2O/c17-16(18,19)12-5-1-11(2-6-12)15-9-14(21-22-15)10-3-7-13(20)8-4-10/h1-8,15H,9,20H2. The fraction of sp³-hybridized carbons (Fsp3) is 0.188. The molecule has 0 bridgehead atoms. The first-order chi connectivity index (χ1) is 10.4. The van der Waals surface area contributed by atoms with Crippen LogP contribution in [0.3, 0.4) is 0 Å². The highest BCUT2D eigenvalue weighted by molar-refractivity contribution is 6.01. The molecule has 0 aliphatic carbocycles. The van der Waals surface area contributed by atoms with Crippen LogP contribution in [0.4, 0.5) is 18.9 Å². The van der Waals surface area contributed by atoms with Gasteiger partial charge in [0.2, 0.25) is 0 Å². The van der Waals surface area contributed by atoms with Gasteiger partial charge in [-0.2, -0.15) is 13.2 Å². The molecule has 3 nitrogen and oxygen atoms in total. The molecule has 0 spiro atoms. The second kappa shape index (κ2) is 5.36. The Morgan fingerprint density at radius 1 is 1.00 bits per heavy atom. The number of nitrogens with zero attached hydrogens (tertiary/aromatic N) is 1. The Balaban J connectivity index is 1.73. The summed E-state index contributed by atoms with van der Waals surface area (Å²) in [5, 5.41) is 4.02. The minimum atomic E-state index is -4.33. The topological polar surface area (TPSA) is 47.6 Å². The Hall–Kier alpha value is -2.50. The average molecular weight is 306 g/mol. The van der Waals surface area contributed by atoms with Crippen LogP contribution >= 0.6 is 0 Å². The zero-order valence-corrected chi connectivity index (χ0v) is 11.5. The molecule has 1 aliphatic rings. The van der Waals surface area contributed by atoms with Crippen LogP contribution < -0.4 is 5.73 Å². The molecule has 6 heteroatoms. The lowest BCUT2D eigenvalue weighted by Gasteiger charge is -2.11. The molecule has 1 heterocycles. The minimum Gasteiger partial charge on any atom is -0.399 e. The minimum absolute atomic E-state index is 0.366. The second-order valence-electron chi connectivity index (χ2n) is 5.08. The summed E-state index contributed by atoms with van der Waals surface area (Å²) in [6.45, 7) is 0. The smallest absolute Gasteiger partial charge is 0.399 e. The normalized spacial score (nSPS) is 18.0. The van der Waals surface area contributed by atoms with Crippen molar-refractivity contribution >= 4 is 11.4 Å².